The van der Waals surface area contributed by atoms with E-state index in [4.69, 9.17) is 4.74 Å². The largest absolute Gasteiger partial charge is 0.496 e. The van der Waals surface area contributed by atoms with Crippen molar-refractivity contribution in [3.05, 3.63) is 29.3 Å². The molecule has 1 aliphatic rings. The van der Waals surface area contributed by atoms with Gasteiger partial charge in [0, 0.05) is 18.2 Å². The summed E-state index contributed by atoms with van der Waals surface area (Å²) in [6.07, 6.45) is 3.74. The Bertz CT molecular complexity index is 411. The van der Waals surface area contributed by atoms with Gasteiger partial charge in [0.25, 0.3) is 0 Å². The van der Waals surface area contributed by atoms with Gasteiger partial charge in [-0.1, -0.05) is 24.6 Å². The van der Waals surface area contributed by atoms with Gasteiger partial charge in [-0.25, -0.2) is 0 Å². The topological polar surface area (TPSA) is 24.5 Å². The number of hydrogen-bond acceptors (Lipinski definition) is 3. The van der Waals surface area contributed by atoms with Gasteiger partial charge in [0.2, 0.25) is 0 Å². The van der Waals surface area contributed by atoms with Crippen LogP contribution in [-0.4, -0.2) is 37.7 Å². The molecule has 0 bridgehead atoms. The quantitative estimate of drug-likeness (QED) is 0.864. The van der Waals surface area contributed by atoms with Crippen LogP contribution < -0.4 is 10.1 Å². The monoisotopic (exact) mass is 276 g/mol. The molecule has 1 heterocycles. The van der Waals surface area contributed by atoms with E-state index < -0.39 is 0 Å². The lowest BCUT2D eigenvalue weighted by Crippen LogP contribution is -2.42. The van der Waals surface area contributed by atoms with Crippen molar-refractivity contribution in [2.75, 3.05) is 26.7 Å². The van der Waals surface area contributed by atoms with Gasteiger partial charge < -0.3 is 10.1 Å². The first-order valence-corrected chi connectivity index (χ1v) is 7.82. The van der Waals surface area contributed by atoms with Crippen molar-refractivity contribution < 1.29 is 4.74 Å². The van der Waals surface area contributed by atoms with Gasteiger partial charge in [-0.05, 0) is 51.9 Å². The Kier molecular flexibility index (Phi) is 5.86. The van der Waals surface area contributed by atoms with Crippen LogP contribution in [0.5, 0.6) is 5.75 Å². The molecule has 0 saturated carbocycles. The molecule has 1 aliphatic heterocycles. The molecule has 2 rings (SSSR count). The molecule has 1 aromatic carbocycles. The van der Waals surface area contributed by atoms with Gasteiger partial charge in [0.1, 0.15) is 5.75 Å². The molecule has 0 spiro atoms. The van der Waals surface area contributed by atoms with Gasteiger partial charge in [-0.3, -0.25) is 4.90 Å². The van der Waals surface area contributed by atoms with Crippen molar-refractivity contribution in [1.29, 1.82) is 0 Å². The molecule has 0 amide bonds. The Labute approximate surface area is 123 Å². The first-order valence-electron chi connectivity index (χ1n) is 7.82. The van der Waals surface area contributed by atoms with Crippen LogP contribution in [0, 0.1) is 6.92 Å². The third-order valence-electron chi connectivity index (χ3n) is 4.10. The number of ether oxygens (including phenoxy) is 1. The first-order chi connectivity index (χ1) is 9.72. The van der Waals surface area contributed by atoms with Crippen molar-refractivity contribution in [3.8, 4) is 5.75 Å². The average molecular weight is 276 g/mol. The number of nitrogens with zero attached hydrogens (tertiary/aromatic N) is 1. The summed E-state index contributed by atoms with van der Waals surface area (Å²) >= 11 is 0. The summed E-state index contributed by atoms with van der Waals surface area (Å²) in [6.45, 7) is 8.88. The van der Waals surface area contributed by atoms with Gasteiger partial charge in [-0.2, -0.15) is 0 Å². The molecule has 0 radical (unpaired) electrons. The third kappa shape index (κ3) is 4.22. The normalized spacial score (nSPS) is 17.4. The Morgan fingerprint density at radius 1 is 1.30 bits per heavy atom. The molecule has 1 fully saturated rings. The fourth-order valence-corrected chi connectivity index (χ4v) is 2.92. The summed E-state index contributed by atoms with van der Waals surface area (Å²) in [7, 11) is 1.76. The number of benzene rings is 1. The molecular formula is C17H28N2O. The SMILES string of the molecule is CCCNC1CCN(Cc2cc(C)ccc2OC)CC1. The van der Waals surface area contributed by atoms with Crippen LogP contribution in [0.2, 0.25) is 0 Å². The second kappa shape index (κ2) is 7.65. The highest BCUT2D eigenvalue weighted by atomic mass is 16.5. The van der Waals surface area contributed by atoms with E-state index in [-0.39, 0.29) is 0 Å². The van der Waals surface area contributed by atoms with Crippen LogP contribution in [-0.2, 0) is 6.54 Å². The van der Waals surface area contributed by atoms with Gasteiger partial charge >= 0.3 is 0 Å². The van der Waals surface area contributed by atoms with E-state index in [0.29, 0.717) is 6.04 Å². The summed E-state index contributed by atoms with van der Waals surface area (Å²) in [5, 5.41) is 3.64. The van der Waals surface area contributed by atoms with Crippen molar-refractivity contribution >= 4 is 0 Å². The molecule has 1 aromatic rings. The Morgan fingerprint density at radius 3 is 2.70 bits per heavy atom. The van der Waals surface area contributed by atoms with E-state index in [9.17, 15) is 0 Å². The van der Waals surface area contributed by atoms with Crippen LogP contribution in [0.3, 0.4) is 0 Å². The summed E-state index contributed by atoms with van der Waals surface area (Å²) in [5.74, 6) is 1.02. The fourth-order valence-electron chi connectivity index (χ4n) is 2.92. The Morgan fingerprint density at radius 2 is 2.05 bits per heavy atom. The molecule has 20 heavy (non-hydrogen) atoms. The second-order valence-corrected chi connectivity index (χ2v) is 5.82. The number of hydrogen-bond donors (Lipinski definition) is 1. The fraction of sp³-hybridized carbons (Fsp3) is 0.647. The molecule has 0 atom stereocenters. The van der Waals surface area contributed by atoms with E-state index >= 15 is 0 Å². The zero-order valence-corrected chi connectivity index (χ0v) is 13.1. The predicted molar refractivity (Wildman–Crippen MR) is 84.3 cm³/mol. The van der Waals surface area contributed by atoms with E-state index in [2.05, 4.69) is 42.3 Å². The number of likely N-dealkylation sites (tertiary alicyclic amines) is 1. The molecule has 1 saturated heterocycles. The van der Waals surface area contributed by atoms with E-state index in [0.717, 1.165) is 18.8 Å². The maximum atomic E-state index is 5.48. The molecule has 1 N–H and O–H groups in total. The zero-order chi connectivity index (χ0) is 14.4. The van der Waals surface area contributed by atoms with Crippen LogP contribution in [0.25, 0.3) is 0 Å². The minimum Gasteiger partial charge on any atom is -0.496 e. The van der Waals surface area contributed by atoms with Gasteiger partial charge in [0.15, 0.2) is 0 Å². The van der Waals surface area contributed by atoms with Crippen LogP contribution in [0.15, 0.2) is 18.2 Å². The summed E-state index contributed by atoms with van der Waals surface area (Å²) in [4.78, 5) is 2.54. The Balaban J connectivity index is 1.87. The summed E-state index contributed by atoms with van der Waals surface area (Å²) in [6, 6.07) is 7.16. The zero-order valence-electron chi connectivity index (χ0n) is 13.1. The van der Waals surface area contributed by atoms with Crippen LogP contribution in [0.1, 0.15) is 37.3 Å². The standard InChI is InChI=1S/C17H28N2O/c1-4-9-18-16-7-10-19(11-8-16)13-15-12-14(2)5-6-17(15)20-3/h5-6,12,16,18H,4,7-11,13H2,1-3H3. The number of nitrogens with one attached hydrogen (secondary N) is 1. The van der Waals surface area contributed by atoms with E-state index in [1.54, 1.807) is 7.11 Å². The lowest BCUT2D eigenvalue weighted by atomic mass is 10.0. The maximum Gasteiger partial charge on any atom is 0.123 e. The highest BCUT2D eigenvalue weighted by molar-refractivity contribution is 5.36. The molecule has 3 heteroatoms. The number of piperidine rings is 1. The summed E-state index contributed by atoms with van der Waals surface area (Å²) in [5.41, 5.74) is 2.62. The first kappa shape index (κ1) is 15.3. The van der Waals surface area contributed by atoms with Gasteiger partial charge in [-0.15, -0.1) is 0 Å². The average Bonchev–Trinajstić information content (AvgIpc) is 2.47. The minimum atomic E-state index is 0.714. The van der Waals surface area contributed by atoms with Crippen molar-refractivity contribution in [1.82, 2.24) is 10.2 Å². The number of aryl methyl sites for hydroxylation is 1. The second-order valence-electron chi connectivity index (χ2n) is 5.82. The molecule has 3 nitrogen and oxygen atoms in total. The highest BCUT2D eigenvalue weighted by Gasteiger charge is 2.19. The highest BCUT2D eigenvalue weighted by Crippen LogP contribution is 2.23. The van der Waals surface area contributed by atoms with Crippen molar-refractivity contribution in [2.24, 2.45) is 0 Å². The van der Waals surface area contributed by atoms with Crippen molar-refractivity contribution in [2.45, 2.75) is 45.7 Å². The summed E-state index contributed by atoms with van der Waals surface area (Å²) < 4.78 is 5.48. The third-order valence-corrected chi connectivity index (χ3v) is 4.10. The lowest BCUT2D eigenvalue weighted by Gasteiger charge is -2.32. The van der Waals surface area contributed by atoms with Gasteiger partial charge in [0.05, 0.1) is 7.11 Å². The number of rotatable bonds is 6. The smallest absolute Gasteiger partial charge is 0.123 e. The van der Waals surface area contributed by atoms with Crippen LogP contribution in [0.4, 0.5) is 0 Å². The van der Waals surface area contributed by atoms with E-state index in [1.165, 1.54) is 43.5 Å². The molecule has 0 unspecified atom stereocenters. The number of methoxy groups -OCH3 is 1. The Hall–Kier alpha value is -1.06. The molecule has 112 valence electrons. The molecule has 0 aromatic heterocycles. The predicted octanol–water partition coefficient (Wildman–Crippen LogP) is 2.97. The van der Waals surface area contributed by atoms with Crippen molar-refractivity contribution in [3.63, 3.8) is 0 Å². The maximum absolute atomic E-state index is 5.48. The molecule has 0 aliphatic carbocycles. The lowest BCUT2D eigenvalue weighted by molar-refractivity contribution is 0.189. The molecular weight excluding hydrogens is 248 g/mol. The van der Waals surface area contributed by atoms with E-state index in [1.807, 2.05) is 0 Å². The minimum absolute atomic E-state index is 0.714. The van der Waals surface area contributed by atoms with Crippen LogP contribution >= 0.6 is 0 Å².